The van der Waals surface area contributed by atoms with Crippen LogP contribution in [0.5, 0.6) is 0 Å². The van der Waals surface area contributed by atoms with Gasteiger partial charge in [-0.1, -0.05) is 39.5 Å². The van der Waals surface area contributed by atoms with Gasteiger partial charge in [-0.05, 0) is 44.4 Å². The maximum Gasteiger partial charge on any atom is 0.244 e. The van der Waals surface area contributed by atoms with E-state index in [4.69, 9.17) is 0 Å². The third-order valence-corrected chi connectivity index (χ3v) is 5.98. The van der Waals surface area contributed by atoms with Crippen molar-refractivity contribution in [1.29, 1.82) is 0 Å². The summed E-state index contributed by atoms with van der Waals surface area (Å²) >= 11 is 0. The minimum atomic E-state index is -0.207. The summed E-state index contributed by atoms with van der Waals surface area (Å²) in [6.07, 6.45) is 10.1. The second-order valence-corrected chi connectivity index (χ2v) is 7.62. The molecule has 0 radical (unpaired) electrons. The van der Waals surface area contributed by atoms with Crippen molar-refractivity contribution in [2.24, 2.45) is 11.8 Å². The van der Waals surface area contributed by atoms with Gasteiger partial charge in [-0.25, -0.2) is 0 Å². The number of nitrogens with one attached hydrogen (secondary N) is 1. The molecule has 1 amide bonds. The summed E-state index contributed by atoms with van der Waals surface area (Å²) in [7, 11) is 0. The lowest BCUT2D eigenvalue weighted by Crippen LogP contribution is -2.48. The Kier molecular flexibility index (Phi) is 3.83. The molecule has 1 spiro atoms. The van der Waals surface area contributed by atoms with Crippen LogP contribution in [0.3, 0.4) is 0 Å². The van der Waals surface area contributed by atoms with Crippen LogP contribution in [0.4, 0.5) is 0 Å². The molecular formula is C17H30N2O. The van der Waals surface area contributed by atoms with Crippen molar-refractivity contribution in [3.05, 3.63) is 0 Å². The van der Waals surface area contributed by atoms with E-state index in [0.717, 1.165) is 18.8 Å². The maximum atomic E-state index is 13.1. The van der Waals surface area contributed by atoms with Crippen molar-refractivity contribution in [3.8, 4) is 0 Å². The Balaban J connectivity index is 1.84. The summed E-state index contributed by atoms with van der Waals surface area (Å²) in [5, 5.41) is 3.75. The van der Waals surface area contributed by atoms with Crippen LogP contribution in [-0.2, 0) is 4.79 Å². The van der Waals surface area contributed by atoms with E-state index in [1.165, 1.54) is 38.5 Å². The summed E-state index contributed by atoms with van der Waals surface area (Å²) in [4.78, 5) is 15.3. The van der Waals surface area contributed by atoms with Crippen LogP contribution in [0.2, 0.25) is 0 Å². The quantitative estimate of drug-likeness (QED) is 0.859. The zero-order chi connectivity index (χ0) is 14.3. The molecule has 0 bridgehead atoms. The van der Waals surface area contributed by atoms with E-state index in [0.29, 0.717) is 17.9 Å². The maximum absolute atomic E-state index is 13.1. The van der Waals surface area contributed by atoms with E-state index < -0.39 is 0 Å². The predicted octanol–water partition coefficient (Wildman–Crippen LogP) is 3.29. The minimum Gasteiger partial charge on any atom is -0.322 e. The molecule has 2 saturated carbocycles. The highest BCUT2D eigenvalue weighted by molar-refractivity contribution is 5.89. The zero-order valence-corrected chi connectivity index (χ0v) is 13.3. The number of amides is 1. The van der Waals surface area contributed by atoms with E-state index in [2.05, 4.69) is 31.0 Å². The molecule has 1 N–H and O–H groups in total. The fraction of sp³-hybridized carbons (Fsp3) is 0.941. The lowest BCUT2D eigenvalue weighted by molar-refractivity contribution is -0.136. The minimum absolute atomic E-state index is 0.207. The average molecular weight is 278 g/mol. The highest BCUT2D eigenvalue weighted by atomic mass is 16.2. The van der Waals surface area contributed by atoms with Crippen molar-refractivity contribution in [3.63, 3.8) is 0 Å². The number of carbonyl (C=O) groups is 1. The first-order chi connectivity index (χ1) is 9.55. The monoisotopic (exact) mass is 278 g/mol. The molecule has 3 aliphatic rings. The molecule has 3 heteroatoms. The number of hydrogen-bond donors (Lipinski definition) is 1. The average Bonchev–Trinajstić information content (AvgIpc) is 3.13. The van der Waals surface area contributed by atoms with E-state index in [1.54, 1.807) is 0 Å². The third kappa shape index (κ3) is 2.18. The normalized spacial score (nSPS) is 31.9. The lowest BCUT2D eigenvalue weighted by atomic mass is 9.94. The van der Waals surface area contributed by atoms with Gasteiger partial charge in [0.25, 0.3) is 0 Å². The summed E-state index contributed by atoms with van der Waals surface area (Å²) in [6, 6.07) is 0.407. The van der Waals surface area contributed by atoms with Crippen molar-refractivity contribution >= 4 is 5.91 Å². The van der Waals surface area contributed by atoms with Crippen LogP contribution >= 0.6 is 0 Å². The molecule has 2 aliphatic carbocycles. The highest BCUT2D eigenvalue weighted by Gasteiger charge is 2.54. The van der Waals surface area contributed by atoms with Crippen molar-refractivity contribution < 1.29 is 4.79 Å². The van der Waals surface area contributed by atoms with E-state index in [9.17, 15) is 4.79 Å². The summed E-state index contributed by atoms with van der Waals surface area (Å²) in [6.45, 7) is 6.78. The fourth-order valence-corrected chi connectivity index (χ4v) is 4.72. The molecule has 3 fully saturated rings. The summed E-state index contributed by atoms with van der Waals surface area (Å²) in [5.74, 6) is 1.62. The summed E-state index contributed by atoms with van der Waals surface area (Å²) < 4.78 is 0. The SMILES string of the molecule is CC(C)C1NC2(CCCC2)C(=O)N1C(C)C1CCCC1. The molecule has 0 aromatic heterocycles. The first-order valence-corrected chi connectivity index (χ1v) is 8.66. The Labute approximate surface area is 123 Å². The van der Waals surface area contributed by atoms with Crippen molar-refractivity contribution in [1.82, 2.24) is 10.2 Å². The van der Waals surface area contributed by atoms with Gasteiger partial charge in [0.1, 0.15) is 0 Å². The standard InChI is InChI=1S/C17H30N2O/c1-12(2)15-18-17(10-6-7-11-17)16(20)19(15)13(3)14-8-4-5-9-14/h12-15,18H,4-11H2,1-3H3. The van der Waals surface area contributed by atoms with Gasteiger partial charge in [0, 0.05) is 6.04 Å². The van der Waals surface area contributed by atoms with E-state index >= 15 is 0 Å². The molecule has 1 saturated heterocycles. The van der Waals surface area contributed by atoms with Gasteiger partial charge in [0.15, 0.2) is 0 Å². The van der Waals surface area contributed by atoms with Crippen LogP contribution in [-0.4, -0.2) is 28.6 Å². The van der Waals surface area contributed by atoms with E-state index in [-0.39, 0.29) is 11.7 Å². The highest BCUT2D eigenvalue weighted by Crippen LogP contribution is 2.41. The smallest absolute Gasteiger partial charge is 0.244 e. The van der Waals surface area contributed by atoms with Crippen LogP contribution in [0.25, 0.3) is 0 Å². The van der Waals surface area contributed by atoms with Gasteiger partial charge in [-0.2, -0.15) is 0 Å². The first-order valence-electron chi connectivity index (χ1n) is 8.66. The third-order valence-electron chi connectivity index (χ3n) is 5.98. The number of hydrogen-bond acceptors (Lipinski definition) is 2. The molecule has 2 unspecified atom stereocenters. The largest absolute Gasteiger partial charge is 0.322 e. The second-order valence-electron chi connectivity index (χ2n) is 7.62. The van der Waals surface area contributed by atoms with Gasteiger partial charge in [-0.3, -0.25) is 10.1 Å². The Bertz CT molecular complexity index is 367. The molecule has 0 aromatic carbocycles. The van der Waals surface area contributed by atoms with Crippen molar-refractivity contribution in [2.75, 3.05) is 0 Å². The van der Waals surface area contributed by atoms with Gasteiger partial charge < -0.3 is 4.90 Å². The van der Waals surface area contributed by atoms with Crippen molar-refractivity contribution in [2.45, 2.75) is 89.9 Å². The molecule has 114 valence electrons. The molecule has 3 rings (SSSR count). The number of nitrogens with zero attached hydrogens (tertiary/aromatic N) is 1. The molecule has 3 nitrogen and oxygen atoms in total. The topological polar surface area (TPSA) is 32.3 Å². The summed E-state index contributed by atoms with van der Waals surface area (Å²) in [5.41, 5.74) is -0.207. The van der Waals surface area contributed by atoms with Gasteiger partial charge in [0.05, 0.1) is 11.7 Å². The number of rotatable bonds is 3. The van der Waals surface area contributed by atoms with Gasteiger partial charge >= 0.3 is 0 Å². The molecule has 2 atom stereocenters. The van der Waals surface area contributed by atoms with Gasteiger partial charge in [0.2, 0.25) is 5.91 Å². The van der Waals surface area contributed by atoms with Crippen LogP contribution in [0.15, 0.2) is 0 Å². The van der Waals surface area contributed by atoms with Crippen LogP contribution < -0.4 is 5.32 Å². The van der Waals surface area contributed by atoms with Crippen LogP contribution in [0.1, 0.15) is 72.1 Å². The molecule has 0 aromatic rings. The van der Waals surface area contributed by atoms with Gasteiger partial charge in [-0.15, -0.1) is 0 Å². The Morgan fingerprint density at radius 2 is 1.70 bits per heavy atom. The van der Waals surface area contributed by atoms with E-state index in [1.807, 2.05) is 0 Å². The Morgan fingerprint density at radius 1 is 1.10 bits per heavy atom. The predicted molar refractivity (Wildman–Crippen MR) is 81.2 cm³/mol. The molecule has 1 heterocycles. The Hall–Kier alpha value is -0.570. The molecule has 1 aliphatic heterocycles. The Morgan fingerprint density at radius 3 is 2.25 bits per heavy atom. The molecule has 20 heavy (non-hydrogen) atoms. The zero-order valence-electron chi connectivity index (χ0n) is 13.3. The first kappa shape index (κ1) is 14.4. The lowest BCUT2D eigenvalue weighted by Gasteiger charge is -2.36. The number of carbonyl (C=O) groups excluding carboxylic acids is 1. The molecular weight excluding hydrogens is 248 g/mol. The fourth-order valence-electron chi connectivity index (χ4n) is 4.72. The van der Waals surface area contributed by atoms with Crippen LogP contribution in [0, 0.1) is 11.8 Å². The second kappa shape index (κ2) is 5.32.